The fraction of sp³-hybridized carbons (Fsp3) is 0.263. The van der Waals surface area contributed by atoms with E-state index in [1.807, 2.05) is 24.3 Å². The maximum Gasteiger partial charge on any atom is 0.248 e. The van der Waals surface area contributed by atoms with E-state index in [0.717, 1.165) is 23.5 Å². The zero-order valence-corrected chi connectivity index (χ0v) is 16.0. The van der Waals surface area contributed by atoms with Crippen LogP contribution in [-0.4, -0.2) is 21.8 Å². The summed E-state index contributed by atoms with van der Waals surface area (Å²) < 4.78 is 5.85. The third-order valence-corrected chi connectivity index (χ3v) is 5.25. The van der Waals surface area contributed by atoms with Crippen molar-refractivity contribution >= 4 is 40.8 Å². The SMILES string of the molecule is Nc1nc(Nc2cc(Cl)c(-c3ccc(OCC4CCC4)cc3)c(Cl)c2)n[nH]1. The van der Waals surface area contributed by atoms with Crippen molar-refractivity contribution in [2.75, 3.05) is 17.7 Å². The number of nitrogens with two attached hydrogens (primary N) is 1. The highest BCUT2D eigenvalue weighted by atomic mass is 35.5. The second kappa shape index (κ2) is 7.66. The summed E-state index contributed by atoms with van der Waals surface area (Å²) in [5.74, 6) is 2.14. The van der Waals surface area contributed by atoms with Gasteiger partial charge in [-0.2, -0.15) is 4.98 Å². The molecule has 27 heavy (non-hydrogen) atoms. The zero-order chi connectivity index (χ0) is 18.8. The summed E-state index contributed by atoms with van der Waals surface area (Å²) in [5, 5.41) is 10.5. The number of rotatable bonds is 6. The highest BCUT2D eigenvalue weighted by Crippen LogP contribution is 2.38. The fourth-order valence-corrected chi connectivity index (χ4v) is 3.68. The molecule has 6 nitrogen and oxygen atoms in total. The van der Waals surface area contributed by atoms with Crippen LogP contribution in [0.3, 0.4) is 0 Å². The Bertz CT molecular complexity index is 915. The molecule has 4 rings (SSSR count). The minimum Gasteiger partial charge on any atom is -0.493 e. The summed E-state index contributed by atoms with van der Waals surface area (Å²) in [6.07, 6.45) is 3.85. The smallest absolute Gasteiger partial charge is 0.248 e. The molecular formula is C19H19Cl2N5O. The van der Waals surface area contributed by atoms with E-state index in [-0.39, 0.29) is 5.95 Å². The van der Waals surface area contributed by atoms with Gasteiger partial charge in [0.2, 0.25) is 11.9 Å². The van der Waals surface area contributed by atoms with Crippen LogP contribution in [0.25, 0.3) is 11.1 Å². The van der Waals surface area contributed by atoms with Gasteiger partial charge in [-0.1, -0.05) is 41.8 Å². The summed E-state index contributed by atoms with van der Waals surface area (Å²) >= 11 is 13.0. The number of nitrogens with zero attached hydrogens (tertiary/aromatic N) is 2. The van der Waals surface area contributed by atoms with E-state index in [1.54, 1.807) is 12.1 Å². The second-order valence-corrected chi connectivity index (χ2v) is 7.43. The molecule has 3 aromatic rings. The van der Waals surface area contributed by atoms with E-state index in [1.165, 1.54) is 19.3 Å². The first-order valence-electron chi connectivity index (χ1n) is 8.75. The number of hydrogen-bond acceptors (Lipinski definition) is 5. The number of nitrogens with one attached hydrogen (secondary N) is 2. The molecule has 2 aromatic carbocycles. The molecule has 0 unspecified atom stereocenters. The lowest BCUT2D eigenvalue weighted by molar-refractivity contribution is 0.180. The van der Waals surface area contributed by atoms with E-state index >= 15 is 0 Å². The molecule has 0 radical (unpaired) electrons. The Morgan fingerprint density at radius 3 is 2.41 bits per heavy atom. The predicted octanol–water partition coefficient (Wildman–Crippen LogP) is 5.28. The van der Waals surface area contributed by atoms with Crippen molar-refractivity contribution in [2.24, 2.45) is 5.92 Å². The molecule has 0 saturated heterocycles. The number of halogens is 2. The monoisotopic (exact) mass is 403 g/mol. The zero-order valence-electron chi connectivity index (χ0n) is 14.5. The first kappa shape index (κ1) is 17.9. The van der Waals surface area contributed by atoms with Crippen LogP contribution in [0.4, 0.5) is 17.6 Å². The van der Waals surface area contributed by atoms with E-state index in [9.17, 15) is 0 Å². The van der Waals surface area contributed by atoms with Crippen LogP contribution in [0.2, 0.25) is 10.0 Å². The van der Waals surface area contributed by atoms with Gasteiger partial charge in [0.25, 0.3) is 0 Å². The van der Waals surface area contributed by atoms with E-state index in [2.05, 4.69) is 20.5 Å². The Morgan fingerprint density at radius 1 is 1.15 bits per heavy atom. The second-order valence-electron chi connectivity index (χ2n) is 6.62. The fourth-order valence-electron chi connectivity index (χ4n) is 2.97. The van der Waals surface area contributed by atoms with Gasteiger partial charge >= 0.3 is 0 Å². The van der Waals surface area contributed by atoms with Crippen molar-refractivity contribution in [1.29, 1.82) is 0 Å². The summed E-state index contributed by atoms with van der Waals surface area (Å²) in [7, 11) is 0. The molecule has 1 aliphatic rings. The Kier molecular flexibility index (Phi) is 5.09. The Hall–Kier alpha value is -2.44. The molecule has 0 amide bonds. The van der Waals surface area contributed by atoms with Gasteiger partial charge in [-0.15, -0.1) is 5.10 Å². The van der Waals surface area contributed by atoms with E-state index in [4.69, 9.17) is 33.7 Å². The topological polar surface area (TPSA) is 88.8 Å². The van der Waals surface area contributed by atoms with Gasteiger partial charge in [-0.3, -0.25) is 0 Å². The molecule has 1 heterocycles. The van der Waals surface area contributed by atoms with E-state index in [0.29, 0.717) is 27.6 Å². The van der Waals surface area contributed by atoms with Crippen LogP contribution < -0.4 is 15.8 Å². The molecule has 1 aromatic heterocycles. The third-order valence-electron chi connectivity index (χ3n) is 4.65. The number of aromatic amines is 1. The summed E-state index contributed by atoms with van der Waals surface area (Å²) in [5.41, 5.74) is 7.89. The Labute approximate surface area is 167 Å². The van der Waals surface area contributed by atoms with E-state index < -0.39 is 0 Å². The predicted molar refractivity (Wildman–Crippen MR) is 109 cm³/mol. The molecule has 8 heteroatoms. The number of nitrogen functional groups attached to an aromatic ring is 1. The molecule has 140 valence electrons. The van der Waals surface area contributed by atoms with Crippen molar-refractivity contribution in [3.05, 3.63) is 46.4 Å². The van der Waals surface area contributed by atoms with Crippen LogP contribution in [0.5, 0.6) is 5.75 Å². The highest BCUT2D eigenvalue weighted by molar-refractivity contribution is 6.39. The van der Waals surface area contributed by atoms with Gasteiger partial charge in [0, 0.05) is 11.3 Å². The first-order valence-corrected chi connectivity index (χ1v) is 9.51. The van der Waals surface area contributed by atoms with Crippen LogP contribution in [0, 0.1) is 5.92 Å². The Morgan fingerprint density at radius 2 is 1.85 bits per heavy atom. The lowest BCUT2D eigenvalue weighted by Crippen LogP contribution is -2.19. The van der Waals surface area contributed by atoms with Crippen LogP contribution in [-0.2, 0) is 0 Å². The van der Waals surface area contributed by atoms with Crippen molar-refractivity contribution in [1.82, 2.24) is 15.2 Å². The third kappa shape index (κ3) is 4.12. The minimum absolute atomic E-state index is 0.228. The van der Waals surface area contributed by atoms with Gasteiger partial charge in [-0.05, 0) is 48.6 Å². The van der Waals surface area contributed by atoms with Gasteiger partial charge in [-0.25, -0.2) is 5.10 Å². The molecule has 0 spiro atoms. The summed E-state index contributed by atoms with van der Waals surface area (Å²) in [4.78, 5) is 4.00. The molecule has 0 atom stereocenters. The normalized spacial score (nSPS) is 14.0. The lowest BCUT2D eigenvalue weighted by atomic mass is 9.86. The van der Waals surface area contributed by atoms with Gasteiger partial charge in [0.1, 0.15) is 5.75 Å². The molecular weight excluding hydrogens is 385 g/mol. The van der Waals surface area contributed by atoms with Crippen LogP contribution in [0.1, 0.15) is 19.3 Å². The molecule has 4 N–H and O–H groups in total. The highest BCUT2D eigenvalue weighted by Gasteiger charge is 2.18. The quantitative estimate of drug-likeness (QED) is 0.520. The lowest BCUT2D eigenvalue weighted by Gasteiger charge is -2.25. The Balaban J connectivity index is 1.50. The summed E-state index contributed by atoms with van der Waals surface area (Å²) in [6, 6.07) is 11.4. The maximum atomic E-state index is 6.48. The molecule has 1 aliphatic carbocycles. The number of H-pyrrole nitrogens is 1. The number of hydrogen-bond donors (Lipinski definition) is 3. The standard InChI is InChI=1S/C19H19Cl2N5O/c20-15-8-13(23-19-24-18(22)25-26-19)9-16(21)17(15)12-4-6-14(7-5-12)27-10-11-2-1-3-11/h4-9,11H,1-3,10H2,(H4,22,23,24,25,26). The summed E-state index contributed by atoms with van der Waals surface area (Å²) in [6.45, 7) is 0.785. The van der Waals surface area contributed by atoms with Gasteiger partial charge in [0.15, 0.2) is 0 Å². The number of anilines is 3. The average molecular weight is 404 g/mol. The first-order chi connectivity index (χ1) is 13.1. The number of ether oxygens (including phenoxy) is 1. The molecule has 0 aliphatic heterocycles. The largest absolute Gasteiger partial charge is 0.493 e. The molecule has 0 bridgehead atoms. The van der Waals surface area contributed by atoms with Gasteiger partial charge < -0.3 is 15.8 Å². The van der Waals surface area contributed by atoms with Crippen molar-refractivity contribution in [2.45, 2.75) is 19.3 Å². The van der Waals surface area contributed by atoms with Crippen LogP contribution in [0.15, 0.2) is 36.4 Å². The number of benzene rings is 2. The van der Waals surface area contributed by atoms with Crippen molar-refractivity contribution < 1.29 is 4.74 Å². The average Bonchev–Trinajstić information content (AvgIpc) is 2.99. The molecule has 1 saturated carbocycles. The van der Waals surface area contributed by atoms with Gasteiger partial charge in [0.05, 0.1) is 16.7 Å². The van der Waals surface area contributed by atoms with Crippen molar-refractivity contribution in [3.8, 4) is 16.9 Å². The van der Waals surface area contributed by atoms with Crippen molar-refractivity contribution in [3.63, 3.8) is 0 Å². The maximum absolute atomic E-state index is 6.48. The molecule has 1 fully saturated rings. The minimum atomic E-state index is 0.228. The van der Waals surface area contributed by atoms with Crippen LogP contribution >= 0.6 is 23.2 Å². The number of aromatic nitrogens is 3.